The number of aryl methyl sites for hydroxylation is 2. The second kappa shape index (κ2) is 6.47. The van der Waals surface area contributed by atoms with Crippen molar-refractivity contribution < 1.29 is 0 Å². The molecule has 0 aliphatic heterocycles. The largest absolute Gasteiger partial charge is 0.319 e. The average molecular weight is 247 g/mol. The summed E-state index contributed by atoms with van der Waals surface area (Å²) in [5.74, 6) is 0. The Hall–Kier alpha value is -1.26. The minimum atomic E-state index is 0.966. The van der Waals surface area contributed by atoms with Crippen LogP contribution in [0.1, 0.15) is 15.6 Å². The number of rotatable bonds is 6. The Balaban J connectivity index is 1.85. The molecule has 2 rings (SSSR count). The standard InChI is InChI=1S/C13H17N3S/c1-14-10-9-13-16-15-12(17-13)8-7-11-5-3-2-4-6-11/h2-6,14H,7-10H2,1H3. The molecule has 1 heterocycles. The zero-order valence-electron chi connectivity index (χ0n) is 10.0. The van der Waals surface area contributed by atoms with E-state index < -0.39 is 0 Å². The molecule has 0 fully saturated rings. The number of aromatic nitrogens is 2. The van der Waals surface area contributed by atoms with E-state index in [0.29, 0.717) is 0 Å². The van der Waals surface area contributed by atoms with Gasteiger partial charge in [-0.25, -0.2) is 0 Å². The minimum Gasteiger partial charge on any atom is -0.319 e. The molecule has 1 aromatic carbocycles. The fraction of sp³-hybridized carbons (Fsp3) is 0.385. The molecule has 4 heteroatoms. The molecule has 0 aliphatic carbocycles. The Morgan fingerprint density at radius 1 is 1.00 bits per heavy atom. The van der Waals surface area contributed by atoms with Crippen molar-refractivity contribution in [2.45, 2.75) is 19.3 Å². The van der Waals surface area contributed by atoms with E-state index in [0.717, 1.165) is 35.8 Å². The lowest BCUT2D eigenvalue weighted by Gasteiger charge is -1.97. The molecule has 0 aliphatic rings. The number of nitrogens with zero attached hydrogens (tertiary/aromatic N) is 2. The van der Waals surface area contributed by atoms with Gasteiger partial charge in [-0.2, -0.15) is 0 Å². The van der Waals surface area contributed by atoms with Gasteiger partial charge in [0.15, 0.2) is 0 Å². The van der Waals surface area contributed by atoms with Gasteiger partial charge in [-0.3, -0.25) is 0 Å². The first-order valence-electron chi connectivity index (χ1n) is 5.88. The van der Waals surface area contributed by atoms with Gasteiger partial charge in [0.1, 0.15) is 10.0 Å². The minimum absolute atomic E-state index is 0.966. The monoisotopic (exact) mass is 247 g/mol. The summed E-state index contributed by atoms with van der Waals surface area (Å²) in [7, 11) is 1.96. The lowest BCUT2D eigenvalue weighted by Crippen LogP contribution is -2.09. The molecule has 3 nitrogen and oxygen atoms in total. The third kappa shape index (κ3) is 3.91. The van der Waals surface area contributed by atoms with E-state index in [9.17, 15) is 0 Å². The first-order valence-corrected chi connectivity index (χ1v) is 6.70. The van der Waals surface area contributed by atoms with Crippen molar-refractivity contribution in [3.8, 4) is 0 Å². The van der Waals surface area contributed by atoms with Crippen LogP contribution in [0.2, 0.25) is 0 Å². The van der Waals surface area contributed by atoms with Crippen LogP contribution in [0, 0.1) is 0 Å². The zero-order valence-corrected chi connectivity index (χ0v) is 10.8. The van der Waals surface area contributed by atoms with E-state index in [2.05, 4.69) is 39.8 Å². The molecule has 90 valence electrons. The Morgan fingerprint density at radius 3 is 2.41 bits per heavy atom. The number of nitrogens with one attached hydrogen (secondary N) is 1. The van der Waals surface area contributed by atoms with Gasteiger partial charge < -0.3 is 5.32 Å². The van der Waals surface area contributed by atoms with Gasteiger partial charge in [-0.05, 0) is 19.0 Å². The highest BCUT2D eigenvalue weighted by atomic mass is 32.1. The van der Waals surface area contributed by atoms with Crippen molar-refractivity contribution in [2.75, 3.05) is 13.6 Å². The molecule has 0 atom stereocenters. The zero-order chi connectivity index (χ0) is 11.9. The van der Waals surface area contributed by atoms with Gasteiger partial charge in [0, 0.05) is 19.4 Å². The molecule has 1 N–H and O–H groups in total. The van der Waals surface area contributed by atoms with Crippen LogP contribution in [0.15, 0.2) is 30.3 Å². The number of hydrogen-bond acceptors (Lipinski definition) is 4. The molecule has 2 aromatic rings. The maximum atomic E-state index is 4.22. The summed E-state index contributed by atoms with van der Waals surface area (Å²) in [5, 5.41) is 13.8. The van der Waals surface area contributed by atoms with Crippen molar-refractivity contribution in [2.24, 2.45) is 0 Å². The SMILES string of the molecule is CNCCc1nnc(CCc2ccccc2)s1. The van der Waals surface area contributed by atoms with Gasteiger partial charge in [-0.1, -0.05) is 30.3 Å². The molecule has 0 unspecified atom stereocenters. The fourth-order valence-electron chi connectivity index (χ4n) is 1.62. The first-order chi connectivity index (χ1) is 8.38. The highest BCUT2D eigenvalue weighted by molar-refractivity contribution is 7.11. The molecular formula is C13H17N3S. The topological polar surface area (TPSA) is 37.8 Å². The maximum absolute atomic E-state index is 4.22. The smallest absolute Gasteiger partial charge is 0.118 e. The van der Waals surface area contributed by atoms with Crippen molar-refractivity contribution >= 4 is 11.3 Å². The van der Waals surface area contributed by atoms with E-state index in [1.807, 2.05) is 13.1 Å². The molecule has 0 saturated carbocycles. The van der Waals surface area contributed by atoms with Crippen LogP contribution in [-0.2, 0) is 19.3 Å². The van der Waals surface area contributed by atoms with Crippen LogP contribution in [0.5, 0.6) is 0 Å². The number of hydrogen-bond donors (Lipinski definition) is 1. The number of benzene rings is 1. The van der Waals surface area contributed by atoms with E-state index in [4.69, 9.17) is 0 Å². The number of likely N-dealkylation sites (N-methyl/N-ethyl adjacent to an activating group) is 1. The second-order valence-corrected chi connectivity index (χ2v) is 5.08. The third-order valence-corrected chi connectivity index (χ3v) is 3.61. The molecular weight excluding hydrogens is 230 g/mol. The Bertz CT molecular complexity index is 439. The molecule has 17 heavy (non-hydrogen) atoms. The summed E-state index contributed by atoms with van der Waals surface area (Å²) in [6.07, 6.45) is 3.00. The highest BCUT2D eigenvalue weighted by Crippen LogP contribution is 2.13. The lowest BCUT2D eigenvalue weighted by molar-refractivity contribution is 0.776. The van der Waals surface area contributed by atoms with E-state index in [1.54, 1.807) is 11.3 Å². The maximum Gasteiger partial charge on any atom is 0.118 e. The van der Waals surface area contributed by atoms with Crippen LogP contribution < -0.4 is 5.32 Å². The van der Waals surface area contributed by atoms with Gasteiger partial charge in [0.05, 0.1) is 0 Å². The quantitative estimate of drug-likeness (QED) is 0.849. The summed E-state index contributed by atoms with van der Waals surface area (Å²) in [6.45, 7) is 0.966. The second-order valence-electron chi connectivity index (χ2n) is 3.93. The Morgan fingerprint density at radius 2 is 1.71 bits per heavy atom. The summed E-state index contributed by atoms with van der Waals surface area (Å²) >= 11 is 1.73. The predicted octanol–water partition coefficient (Wildman–Crippen LogP) is 2.09. The summed E-state index contributed by atoms with van der Waals surface area (Å²) in [4.78, 5) is 0. The van der Waals surface area contributed by atoms with Gasteiger partial charge in [0.2, 0.25) is 0 Å². The van der Waals surface area contributed by atoms with Crippen LogP contribution >= 0.6 is 11.3 Å². The van der Waals surface area contributed by atoms with Crippen molar-refractivity contribution in [3.63, 3.8) is 0 Å². The molecule has 0 bridgehead atoms. The van der Waals surface area contributed by atoms with Crippen molar-refractivity contribution in [3.05, 3.63) is 45.9 Å². The summed E-state index contributed by atoms with van der Waals surface area (Å²) < 4.78 is 0. The van der Waals surface area contributed by atoms with Crippen molar-refractivity contribution in [1.82, 2.24) is 15.5 Å². The Kier molecular flexibility index (Phi) is 4.64. The van der Waals surface area contributed by atoms with Crippen LogP contribution in [0.4, 0.5) is 0 Å². The normalized spacial score (nSPS) is 10.6. The van der Waals surface area contributed by atoms with Crippen LogP contribution in [0.25, 0.3) is 0 Å². The van der Waals surface area contributed by atoms with Gasteiger partial charge in [0.25, 0.3) is 0 Å². The van der Waals surface area contributed by atoms with Crippen molar-refractivity contribution in [1.29, 1.82) is 0 Å². The van der Waals surface area contributed by atoms with E-state index in [-0.39, 0.29) is 0 Å². The van der Waals surface area contributed by atoms with Crippen LogP contribution in [-0.4, -0.2) is 23.8 Å². The van der Waals surface area contributed by atoms with Gasteiger partial charge in [-0.15, -0.1) is 21.5 Å². The molecule has 1 aromatic heterocycles. The highest BCUT2D eigenvalue weighted by Gasteiger charge is 2.03. The summed E-state index contributed by atoms with van der Waals surface area (Å²) in [5.41, 5.74) is 1.36. The molecule has 0 spiro atoms. The molecule has 0 amide bonds. The predicted molar refractivity (Wildman–Crippen MR) is 71.4 cm³/mol. The third-order valence-electron chi connectivity index (χ3n) is 2.57. The van der Waals surface area contributed by atoms with E-state index >= 15 is 0 Å². The lowest BCUT2D eigenvalue weighted by atomic mass is 10.1. The van der Waals surface area contributed by atoms with Crippen LogP contribution in [0.3, 0.4) is 0 Å². The summed E-state index contributed by atoms with van der Waals surface area (Å²) in [6, 6.07) is 10.5. The molecule has 0 radical (unpaired) electrons. The fourth-order valence-corrected chi connectivity index (χ4v) is 2.46. The first kappa shape index (κ1) is 12.2. The van der Waals surface area contributed by atoms with E-state index in [1.165, 1.54) is 5.56 Å². The Labute approximate surface area is 106 Å². The molecule has 0 saturated heterocycles. The average Bonchev–Trinajstić information content (AvgIpc) is 2.83. The van der Waals surface area contributed by atoms with Gasteiger partial charge >= 0.3 is 0 Å².